The van der Waals surface area contributed by atoms with Crippen LogP contribution in [0.2, 0.25) is 0 Å². The number of rotatable bonds is 5. The van der Waals surface area contributed by atoms with Crippen LogP contribution in [0.5, 0.6) is 0 Å². The summed E-state index contributed by atoms with van der Waals surface area (Å²) in [4.78, 5) is 31.4. The molecule has 0 atom stereocenters. The van der Waals surface area contributed by atoms with Crippen molar-refractivity contribution < 1.29 is 28.6 Å². The van der Waals surface area contributed by atoms with E-state index in [4.69, 9.17) is 9.53 Å². The fraction of sp³-hybridized carbons (Fsp3) is 0.750. The van der Waals surface area contributed by atoms with Gasteiger partial charge in [-0.1, -0.05) is 0 Å². The first kappa shape index (κ1) is 18.9. The van der Waals surface area contributed by atoms with Crippen molar-refractivity contribution in [3.8, 4) is 0 Å². The lowest BCUT2D eigenvalue weighted by molar-refractivity contribution is -0.180. The summed E-state index contributed by atoms with van der Waals surface area (Å²) >= 11 is 0. The van der Waals surface area contributed by atoms with E-state index in [1.54, 1.807) is 27.7 Å². The standard InChI is InChI=1S/C11H20O5.CH2O/c1-10(2,8(12)15-6)11(3,4)9(13)16-7-14-5;1-2/h7H2,1-6H3;1H2. The lowest BCUT2D eigenvalue weighted by atomic mass is 9.68. The van der Waals surface area contributed by atoms with Crippen LogP contribution >= 0.6 is 0 Å². The molecule has 106 valence electrons. The van der Waals surface area contributed by atoms with Crippen LogP contribution in [-0.4, -0.2) is 39.7 Å². The zero-order chi connectivity index (χ0) is 15.0. The number of methoxy groups -OCH3 is 2. The molecule has 0 aromatic carbocycles. The molecule has 0 N–H and O–H groups in total. The Labute approximate surface area is 108 Å². The maximum atomic E-state index is 11.8. The topological polar surface area (TPSA) is 78.9 Å². The fourth-order valence-electron chi connectivity index (χ4n) is 1.06. The third-order valence-electron chi connectivity index (χ3n) is 3.08. The molecule has 0 rings (SSSR count). The van der Waals surface area contributed by atoms with Crippen LogP contribution in [0, 0.1) is 10.8 Å². The first-order valence-corrected chi connectivity index (χ1v) is 5.25. The van der Waals surface area contributed by atoms with Gasteiger partial charge in [0.1, 0.15) is 6.79 Å². The highest BCUT2D eigenvalue weighted by Crippen LogP contribution is 2.40. The molecule has 0 amide bonds. The van der Waals surface area contributed by atoms with Gasteiger partial charge in [0, 0.05) is 7.11 Å². The molecule has 0 aromatic heterocycles. The first-order chi connectivity index (χ1) is 8.21. The van der Waals surface area contributed by atoms with Crippen molar-refractivity contribution in [3.05, 3.63) is 0 Å². The Bertz CT molecular complexity index is 282. The van der Waals surface area contributed by atoms with E-state index in [1.807, 2.05) is 6.79 Å². The molecular weight excluding hydrogens is 240 g/mol. The minimum absolute atomic E-state index is 0.125. The maximum Gasteiger partial charge on any atom is 0.314 e. The van der Waals surface area contributed by atoms with Gasteiger partial charge in [0.15, 0.2) is 6.79 Å². The smallest absolute Gasteiger partial charge is 0.314 e. The van der Waals surface area contributed by atoms with E-state index in [1.165, 1.54) is 14.2 Å². The van der Waals surface area contributed by atoms with E-state index in [2.05, 4.69) is 9.47 Å². The predicted octanol–water partition coefficient (Wildman–Crippen LogP) is 1.17. The molecule has 0 aliphatic rings. The van der Waals surface area contributed by atoms with Gasteiger partial charge in [-0.2, -0.15) is 0 Å². The molecule has 0 unspecified atom stereocenters. The van der Waals surface area contributed by atoms with Crippen molar-refractivity contribution in [2.24, 2.45) is 10.8 Å². The van der Waals surface area contributed by atoms with Crippen LogP contribution in [-0.2, 0) is 28.6 Å². The molecule has 0 aromatic rings. The second-order valence-corrected chi connectivity index (χ2v) is 4.58. The molecule has 6 heteroatoms. The van der Waals surface area contributed by atoms with Gasteiger partial charge in [0.25, 0.3) is 0 Å². The molecule has 0 saturated heterocycles. The number of carbonyl (C=O) groups is 3. The molecule has 6 nitrogen and oxygen atoms in total. The third-order valence-corrected chi connectivity index (χ3v) is 3.08. The molecule has 0 spiro atoms. The summed E-state index contributed by atoms with van der Waals surface area (Å²) in [5.74, 6) is -0.948. The molecule has 0 bridgehead atoms. The Morgan fingerprint density at radius 2 is 1.33 bits per heavy atom. The third kappa shape index (κ3) is 4.10. The summed E-state index contributed by atoms with van der Waals surface area (Å²) < 4.78 is 14.2. The van der Waals surface area contributed by atoms with Gasteiger partial charge in [-0.25, -0.2) is 0 Å². The highest BCUT2D eigenvalue weighted by Gasteiger charge is 2.50. The summed E-state index contributed by atoms with van der Waals surface area (Å²) in [6, 6.07) is 0. The van der Waals surface area contributed by atoms with Gasteiger partial charge < -0.3 is 19.0 Å². The minimum atomic E-state index is -0.987. The zero-order valence-electron chi connectivity index (χ0n) is 11.9. The van der Waals surface area contributed by atoms with Crippen LogP contribution in [0.15, 0.2) is 0 Å². The van der Waals surface area contributed by atoms with E-state index in [0.29, 0.717) is 0 Å². The van der Waals surface area contributed by atoms with Gasteiger partial charge in [-0.05, 0) is 27.7 Å². The normalized spacial score (nSPS) is 11.0. The van der Waals surface area contributed by atoms with Gasteiger partial charge in [-0.3, -0.25) is 9.59 Å². The highest BCUT2D eigenvalue weighted by molar-refractivity contribution is 5.87. The van der Waals surface area contributed by atoms with Gasteiger partial charge in [-0.15, -0.1) is 0 Å². The number of hydrogen-bond donors (Lipinski definition) is 0. The van der Waals surface area contributed by atoms with Gasteiger partial charge in [0.2, 0.25) is 0 Å². The average Bonchev–Trinajstić information content (AvgIpc) is 2.36. The van der Waals surface area contributed by atoms with Gasteiger partial charge >= 0.3 is 11.9 Å². The molecular formula is C12H22O6. The Kier molecular flexibility index (Phi) is 8.21. The predicted molar refractivity (Wildman–Crippen MR) is 64.7 cm³/mol. The first-order valence-electron chi connectivity index (χ1n) is 5.25. The van der Waals surface area contributed by atoms with Crippen molar-refractivity contribution in [2.45, 2.75) is 27.7 Å². The van der Waals surface area contributed by atoms with Crippen molar-refractivity contribution in [2.75, 3.05) is 21.0 Å². The Morgan fingerprint density at radius 1 is 0.944 bits per heavy atom. The average molecular weight is 262 g/mol. The largest absolute Gasteiger partial charge is 0.469 e. The number of esters is 2. The lowest BCUT2D eigenvalue weighted by Gasteiger charge is -2.36. The molecule has 0 fully saturated rings. The van der Waals surface area contributed by atoms with E-state index >= 15 is 0 Å². The van der Waals surface area contributed by atoms with E-state index < -0.39 is 22.8 Å². The molecule has 0 saturated carbocycles. The van der Waals surface area contributed by atoms with Crippen molar-refractivity contribution in [1.82, 2.24) is 0 Å². The van der Waals surface area contributed by atoms with Crippen LogP contribution in [0.4, 0.5) is 0 Å². The molecule has 0 aliphatic carbocycles. The van der Waals surface area contributed by atoms with Crippen molar-refractivity contribution in [1.29, 1.82) is 0 Å². The molecule has 18 heavy (non-hydrogen) atoms. The monoisotopic (exact) mass is 262 g/mol. The van der Waals surface area contributed by atoms with Crippen LogP contribution in [0.25, 0.3) is 0 Å². The minimum Gasteiger partial charge on any atom is -0.469 e. The second kappa shape index (κ2) is 7.81. The number of ether oxygens (including phenoxy) is 3. The van der Waals surface area contributed by atoms with Crippen LogP contribution in [0.1, 0.15) is 27.7 Å². The number of carbonyl (C=O) groups excluding carboxylic acids is 3. The molecule has 0 heterocycles. The Balaban J connectivity index is 0. The Hall–Kier alpha value is -1.43. The van der Waals surface area contributed by atoms with Crippen molar-refractivity contribution in [3.63, 3.8) is 0 Å². The van der Waals surface area contributed by atoms with Crippen LogP contribution < -0.4 is 0 Å². The summed E-state index contributed by atoms with van der Waals surface area (Å²) in [5, 5.41) is 0. The molecule has 0 radical (unpaired) electrons. The SMILES string of the molecule is C=O.COCOC(=O)C(C)(C)C(C)(C)C(=O)OC. The summed E-state index contributed by atoms with van der Waals surface area (Å²) in [5.41, 5.74) is -1.95. The van der Waals surface area contributed by atoms with Crippen molar-refractivity contribution >= 4 is 18.7 Å². The summed E-state index contributed by atoms with van der Waals surface area (Å²) in [7, 11) is 2.71. The number of hydrogen-bond acceptors (Lipinski definition) is 6. The lowest BCUT2D eigenvalue weighted by Crippen LogP contribution is -2.46. The highest BCUT2D eigenvalue weighted by atomic mass is 16.7. The zero-order valence-corrected chi connectivity index (χ0v) is 11.9. The Morgan fingerprint density at radius 3 is 1.67 bits per heavy atom. The van der Waals surface area contributed by atoms with Gasteiger partial charge in [0.05, 0.1) is 17.9 Å². The molecule has 0 aliphatic heterocycles. The van der Waals surface area contributed by atoms with E-state index in [0.717, 1.165) is 0 Å². The summed E-state index contributed by atoms with van der Waals surface area (Å²) in [6.07, 6.45) is 0. The maximum absolute atomic E-state index is 11.8. The summed E-state index contributed by atoms with van der Waals surface area (Å²) in [6.45, 7) is 8.45. The van der Waals surface area contributed by atoms with E-state index in [9.17, 15) is 9.59 Å². The fourth-order valence-corrected chi connectivity index (χ4v) is 1.06. The van der Waals surface area contributed by atoms with Crippen LogP contribution in [0.3, 0.4) is 0 Å². The quantitative estimate of drug-likeness (QED) is 0.546. The second-order valence-electron chi connectivity index (χ2n) is 4.58. The van der Waals surface area contributed by atoms with E-state index in [-0.39, 0.29) is 6.79 Å².